The van der Waals surface area contributed by atoms with E-state index >= 15 is 0 Å². The van der Waals surface area contributed by atoms with E-state index in [1.807, 2.05) is 79.7 Å². The van der Waals surface area contributed by atoms with Crippen molar-refractivity contribution in [2.45, 2.75) is 115 Å². The van der Waals surface area contributed by atoms with E-state index < -0.39 is 41.3 Å². The van der Waals surface area contributed by atoms with Gasteiger partial charge in [0.15, 0.2) is 0 Å². The molecule has 8 heteroatoms. The normalized spacial score (nSPS) is 13.1. The summed E-state index contributed by atoms with van der Waals surface area (Å²) in [7, 11) is -5.54. The lowest BCUT2D eigenvalue weighted by atomic mass is 9.95. The molecule has 0 unspecified atom stereocenters. The molecule has 0 amide bonds. The minimum Gasteiger partial charge on any atom is -0.171 e. The van der Waals surface area contributed by atoms with E-state index in [0.717, 1.165) is 43.1 Å². The van der Waals surface area contributed by atoms with Crippen molar-refractivity contribution in [3.8, 4) is 22.9 Å². The fourth-order valence-electron chi connectivity index (χ4n) is 7.99. The van der Waals surface area contributed by atoms with Gasteiger partial charge in [-0.2, -0.15) is 26.3 Å². The summed E-state index contributed by atoms with van der Waals surface area (Å²) in [6.07, 6.45) is -10.3. The summed E-state index contributed by atoms with van der Waals surface area (Å²) in [6, 6.07) is 25.1. The lowest BCUT2D eigenvalue weighted by molar-refractivity contribution is -0.131. The van der Waals surface area contributed by atoms with Crippen molar-refractivity contribution < 1.29 is 26.3 Å². The summed E-state index contributed by atoms with van der Waals surface area (Å²) in [5, 5.41) is 8.30. The Morgan fingerprint density at radius 3 is 1.29 bits per heavy atom. The summed E-state index contributed by atoms with van der Waals surface area (Å²) in [6.45, 7) is 15.9. The molecule has 0 saturated carbocycles. The fourth-order valence-corrected chi connectivity index (χ4v) is 16.5. The average molecular weight is 747 g/mol. The quantitative estimate of drug-likeness (QED) is 0.0642. The third-order valence-corrected chi connectivity index (χ3v) is 22.9. The van der Waals surface area contributed by atoms with Crippen LogP contribution in [0, 0.1) is 22.9 Å². The molecule has 0 aliphatic heterocycles. The largest absolute Gasteiger partial charge is 0.388 e. The molecule has 0 aliphatic rings. The maximum absolute atomic E-state index is 13.6. The minimum absolute atomic E-state index is 0.00376. The van der Waals surface area contributed by atoms with Gasteiger partial charge in [0, 0.05) is 24.0 Å². The van der Waals surface area contributed by atoms with Gasteiger partial charge in [0.05, 0.1) is 0 Å². The Labute approximate surface area is 306 Å². The zero-order valence-corrected chi connectivity index (χ0v) is 33.3. The first-order valence-electron chi connectivity index (χ1n) is 18.3. The Morgan fingerprint density at radius 2 is 0.865 bits per heavy atom. The fraction of sp³-hybridized carbons (Fsp3) is 0.409. The van der Waals surface area contributed by atoms with Crippen LogP contribution in [0.3, 0.4) is 0 Å². The number of benzene rings is 5. The third kappa shape index (κ3) is 8.56. The summed E-state index contributed by atoms with van der Waals surface area (Å²) < 4.78 is 81.4. The number of alkyl halides is 6. The van der Waals surface area contributed by atoms with Crippen LogP contribution in [0.2, 0.25) is 34.3 Å². The number of rotatable bonds is 8. The monoisotopic (exact) mass is 746 g/mol. The van der Waals surface area contributed by atoms with Crippen LogP contribution in [-0.2, 0) is 0 Å². The maximum Gasteiger partial charge on any atom is 0.388 e. The van der Waals surface area contributed by atoms with Gasteiger partial charge >= 0.3 is 12.4 Å². The molecule has 274 valence electrons. The molecule has 0 atom stereocenters. The third-order valence-electron chi connectivity index (χ3n) is 11.4. The van der Waals surface area contributed by atoms with E-state index in [1.54, 1.807) is 0 Å². The number of hydrogen-bond acceptors (Lipinski definition) is 0. The number of halogens is 6. The lowest BCUT2D eigenvalue weighted by Gasteiger charge is -2.34. The van der Waals surface area contributed by atoms with Crippen LogP contribution < -0.4 is 0 Å². The topological polar surface area (TPSA) is 0 Å². The molecule has 5 aromatic carbocycles. The Balaban J connectivity index is 1.77. The van der Waals surface area contributed by atoms with Crippen LogP contribution in [0.1, 0.15) is 79.4 Å². The van der Waals surface area contributed by atoms with E-state index in [1.165, 1.54) is 0 Å². The van der Waals surface area contributed by atoms with Crippen molar-refractivity contribution in [1.29, 1.82) is 0 Å². The summed E-state index contributed by atoms with van der Waals surface area (Å²) >= 11 is 0. The molecule has 5 rings (SSSR count). The molecule has 5 aromatic rings. The predicted molar refractivity (Wildman–Crippen MR) is 213 cm³/mol. The molecule has 0 fully saturated rings. The highest BCUT2D eigenvalue weighted by atomic mass is 28.3. The molecule has 0 aliphatic carbocycles. The van der Waals surface area contributed by atoms with E-state index in [4.69, 9.17) is 0 Å². The van der Waals surface area contributed by atoms with Crippen LogP contribution in [-0.4, -0.2) is 28.5 Å². The lowest BCUT2D eigenvalue weighted by Crippen LogP contribution is -2.41. The standard InChI is InChI=1S/C44H48F6Si2/c1-29(2)51(30(3)4,19-15-43(45,46)47)17-13-33-21-36(14-18-52(31(5)6,32(7)8)20-16-44(48,49)50)42-28-40-26-38-24-35-12-10-9-11-34(35)23-37(38)25-39(40)27-41(42)22-33/h9-12,21-32H,15-16,19-20H2,1-8H3. The Hall–Kier alpha value is -3.73. The van der Waals surface area contributed by atoms with Crippen molar-refractivity contribution in [1.82, 2.24) is 0 Å². The molecule has 0 radical (unpaired) electrons. The molecule has 0 aromatic heterocycles. The minimum atomic E-state index is -4.27. The maximum atomic E-state index is 13.6. The van der Waals surface area contributed by atoms with E-state index in [-0.39, 0.29) is 34.3 Å². The highest BCUT2D eigenvalue weighted by molar-refractivity contribution is 6.90. The zero-order chi connectivity index (χ0) is 38.2. The van der Waals surface area contributed by atoms with Crippen molar-refractivity contribution in [3.05, 3.63) is 83.9 Å². The summed E-state index contributed by atoms with van der Waals surface area (Å²) in [5.41, 5.74) is 8.32. The second-order valence-corrected chi connectivity index (χ2v) is 26.1. The summed E-state index contributed by atoms with van der Waals surface area (Å²) in [5.74, 6) is 6.76. The first-order valence-corrected chi connectivity index (χ1v) is 23.0. The number of hydrogen-bond donors (Lipinski definition) is 0. The molecule has 0 saturated heterocycles. The van der Waals surface area contributed by atoms with Gasteiger partial charge in [0.2, 0.25) is 0 Å². The van der Waals surface area contributed by atoms with Gasteiger partial charge in [-0.1, -0.05) is 91.5 Å². The highest BCUT2D eigenvalue weighted by Crippen LogP contribution is 2.41. The predicted octanol–water partition coefficient (Wildman–Crippen LogP) is 14.5. The van der Waals surface area contributed by atoms with Gasteiger partial charge in [0.25, 0.3) is 0 Å². The second-order valence-electron chi connectivity index (χ2n) is 15.8. The summed E-state index contributed by atoms with van der Waals surface area (Å²) in [4.78, 5) is 0. The van der Waals surface area contributed by atoms with Gasteiger partial charge < -0.3 is 0 Å². The van der Waals surface area contributed by atoms with Crippen molar-refractivity contribution in [2.24, 2.45) is 0 Å². The smallest absolute Gasteiger partial charge is 0.171 e. The van der Waals surface area contributed by atoms with Crippen molar-refractivity contribution in [3.63, 3.8) is 0 Å². The van der Waals surface area contributed by atoms with E-state index in [0.29, 0.717) is 11.1 Å². The zero-order valence-electron chi connectivity index (χ0n) is 31.3. The van der Waals surface area contributed by atoms with Crippen LogP contribution in [0.15, 0.2) is 72.8 Å². The Morgan fingerprint density at radius 1 is 0.481 bits per heavy atom. The van der Waals surface area contributed by atoms with Crippen molar-refractivity contribution in [2.75, 3.05) is 0 Å². The molecule has 0 heterocycles. The van der Waals surface area contributed by atoms with E-state index in [2.05, 4.69) is 71.5 Å². The second kappa shape index (κ2) is 15.0. The van der Waals surface area contributed by atoms with Crippen molar-refractivity contribution >= 4 is 59.2 Å². The average Bonchev–Trinajstić information content (AvgIpc) is 3.04. The number of fused-ring (bicyclic) bond motifs is 4. The first kappa shape index (κ1) is 39.5. The van der Waals surface area contributed by atoms with Crippen LogP contribution in [0.5, 0.6) is 0 Å². The van der Waals surface area contributed by atoms with E-state index in [9.17, 15) is 26.3 Å². The van der Waals surface area contributed by atoms with Gasteiger partial charge in [-0.15, -0.1) is 11.1 Å². The Kier molecular flexibility index (Phi) is 11.4. The van der Waals surface area contributed by atoms with Gasteiger partial charge in [-0.05, 0) is 126 Å². The molecule has 0 nitrogen and oxygen atoms in total. The molecular weight excluding hydrogens is 699 g/mol. The highest BCUT2D eigenvalue weighted by Gasteiger charge is 2.43. The van der Waals surface area contributed by atoms with Crippen LogP contribution in [0.25, 0.3) is 43.1 Å². The first-order chi connectivity index (χ1) is 24.2. The molecule has 0 spiro atoms. The SMILES string of the molecule is CC(C)[Si](C#Cc1cc(C#C[Si](CCC(F)(F)F)(C(C)C)C(C)C)c2cc3cc4cc5ccccc5cc4cc3cc2c1)(CCC(F)(F)F)C(C)C. The van der Waals surface area contributed by atoms with Gasteiger partial charge in [-0.3, -0.25) is 0 Å². The molecule has 0 N–H and O–H groups in total. The van der Waals surface area contributed by atoms with Crippen LogP contribution in [0.4, 0.5) is 26.3 Å². The Bertz CT molecular complexity index is 2200. The van der Waals surface area contributed by atoms with Gasteiger partial charge in [0.1, 0.15) is 16.1 Å². The van der Waals surface area contributed by atoms with Gasteiger partial charge in [-0.25, -0.2) is 0 Å². The molecular formula is C44H48F6Si2. The molecule has 52 heavy (non-hydrogen) atoms. The molecule has 0 bridgehead atoms. The van der Waals surface area contributed by atoms with Crippen LogP contribution >= 0.6 is 0 Å².